The maximum atomic E-state index is 12.3. The fourth-order valence-electron chi connectivity index (χ4n) is 2.43. The number of carbonyl (C=O) groups excluding carboxylic acids is 1. The summed E-state index contributed by atoms with van der Waals surface area (Å²) in [6.07, 6.45) is 0.746. The van der Waals surface area contributed by atoms with Crippen molar-refractivity contribution in [1.82, 2.24) is 5.32 Å². The Bertz CT molecular complexity index is 670. The Kier molecular flexibility index (Phi) is 6.07. The molecule has 0 aliphatic heterocycles. The van der Waals surface area contributed by atoms with Crippen LogP contribution in [0.1, 0.15) is 21.5 Å². The summed E-state index contributed by atoms with van der Waals surface area (Å²) < 4.78 is 15.7. The molecule has 24 heavy (non-hydrogen) atoms. The number of carbonyl (C=O) groups is 1. The van der Waals surface area contributed by atoms with E-state index in [9.17, 15) is 4.79 Å². The van der Waals surface area contributed by atoms with Gasteiger partial charge in [-0.1, -0.05) is 12.1 Å². The van der Waals surface area contributed by atoms with Crippen LogP contribution in [0.5, 0.6) is 17.2 Å². The van der Waals surface area contributed by atoms with E-state index < -0.39 is 0 Å². The van der Waals surface area contributed by atoms with Gasteiger partial charge < -0.3 is 19.5 Å². The summed E-state index contributed by atoms with van der Waals surface area (Å²) in [5.41, 5.74) is 2.52. The minimum absolute atomic E-state index is 0.153. The summed E-state index contributed by atoms with van der Waals surface area (Å²) in [5.74, 6) is 1.94. The monoisotopic (exact) mass is 329 g/mol. The van der Waals surface area contributed by atoms with Crippen molar-refractivity contribution in [2.45, 2.75) is 13.3 Å². The van der Waals surface area contributed by atoms with Crippen molar-refractivity contribution in [3.63, 3.8) is 0 Å². The molecule has 128 valence electrons. The van der Waals surface area contributed by atoms with Crippen LogP contribution in [0, 0.1) is 6.92 Å². The summed E-state index contributed by atoms with van der Waals surface area (Å²) in [6.45, 7) is 2.44. The van der Waals surface area contributed by atoms with Crippen LogP contribution in [0.4, 0.5) is 0 Å². The zero-order chi connectivity index (χ0) is 17.5. The number of amides is 1. The van der Waals surface area contributed by atoms with E-state index in [0.29, 0.717) is 23.6 Å². The standard InChI is InChI=1S/C19H23NO4/c1-13-17(23-3)11-15(12-18(13)24-4)19(21)20-10-9-14-5-7-16(22-2)8-6-14/h5-8,11-12H,9-10H2,1-4H3,(H,20,21). The Balaban J connectivity index is 1.99. The van der Waals surface area contributed by atoms with Gasteiger partial charge in [0.05, 0.1) is 21.3 Å². The number of hydrogen-bond acceptors (Lipinski definition) is 4. The summed E-state index contributed by atoms with van der Waals surface area (Å²) in [7, 11) is 4.79. The van der Waals surface area contributed by atoms with Crippen molar-refractivity contribution in [2.24, 2.45) is 0 Å². The lowest BCUT2D eigenvalue weighted by Gasteiger charge is -2.12. The van der Waals surface area contributed by atoms with Gasteiger partial charge in [-0.3, -0.25) is 4.79 Å². The number of nitrogens with one attached hydrogen (secondary N) is 1. The van der Waals surface area contributed by atoms with Crippen LogP contribution in [0.25, 0.3) is 0 Å². The summed E-state index contributed by atoms with van der Waals surface area (Å²) in [4.78, 5) is 12.3. The van der Waals surface area contributed by atoms with Crippen molar-refractivity contribution in [3.8, 4) is 17.2 Å². The van der Waals surface area contributed by atoms with Crippen molar-refractivity contribution in [3.05, 3.63) is 53.1 Å². The summed E-state index contributed by atoms with van der Waals surface area (Å²) in [5, 5.41) is 2.92. The number of hydrogen-bond donors (Lipinski definition) is 1. The third kappa shape index (κ3) is 4.19. The minimum Gasteiger partial charge on any atom is -0.497 e. The Morgan fingerprint density at radius 3 is 2.04 bits per heavy atom. The van der Waals surface area contributed by atoms with Gasteiger partial charge in [-0.15, -0.1) is 0 Å². The topological polar surface area (TPSA) is 56.8 Å². The molecule has 0 aromatic heterocycles. The van der Waals surface area contributed by atoms with Crippen LogP contribution in [0.15, 0.2) is 36.4 Å². The SMILES string of the molecule is COc1ccc(CCNC(=O)c2cc(OC)c(C)c(OC)c2)cc1. The fraction of sp³-hybridized carbons (Fsp3) is 0.316. The molecular formula is C19H23NO4. The van der Waals surface area contributed by atoms with E-state index in [1.54, 1.807) is 33.5 Å². The molecular weight excluding hydrogens is 306 g/mol. The number of benzene rings is 2. The zero-order valence-corrected chi connectivity index (χ0v) is 14.5. The molecule has 0 spiro atoms. The molecule has 0 unspecified atom stereocenters. The van der Waals surface area contributed by atoms with Crippen molar-refractivity contribution in [2.75, 3.05) is 27.9 Å². The summed E-state index contributed by atoms with van der Waals surface area (Å²) >= 11 is 0. The highest BCUT2D eigenvalue weighted by atomic mass is 16.5. The molecule has 0 radical (unpaired) electrons. The van der Waals surface area contributed by atoms with Crippen LogP contribution in [-0.4, -0.2) is 33.8 Å². The van der Waals surface area contributed by atoms with Crippen LogP contribution < -0.4 is 19.5 Å². The van der Waals surface area contributed by atoms with E-state index in [1.807, 2.05) is 31.2 Å². The van der Waals surface area contributed by atoms with Crippen molar-refractivity contribution >= 4 is 5.91 Å². The maximum Gasteiger partial charge on any atom is 0.251 e. The first-order chi connectivity index (χ1) is 11.6. The predicted molar refractivity (Wildman–Crippen MR) is 93.3 cm³/mol. The van der Waals surface area contributed by atoms with E-state index in [0.717, 1.165) is 23.3 Å². The highest BCUT2D eigenvalue weighted by molar-refractivity contribution is 5.95. The van der Waals surface area contributed by atoms with E-state index in [4.69, 9.17) is 14.2 Å². The Hall–Kier alpha value is -2.69. The lowest BCUT2D eigenvalue weighted by Crippen LogP contribution is -2.25. The first kappa shape index (κ1) is 17.7. The third-order valence-corrected chi connectivity index (χ3v) is 3.87. The maximum absolute atomic E-state index is 12.3. The number of ether oxygens (including phenoxy) is 3. The molecule has 2 aromatic rings. The first-order valence-corrected chi connectivity index (χ1v) is 7.72. The second-order valence-electron chi connectivity index (χ2n) is 5.36. The first-order valence-electron chi connectivity index (χ1n) is 7.72. The predicted octanol–water partition coefficient (Wildman–Crippen LogP) is 2.99. The van der Waals surface area contributed by atoms with Gasteiger partial charge in [0.1, 0.15) is 17.2 Å². The quantitative estimate of drug-likeness (QED) is 0.848. The second kappa shape index (κ2) is 8.24. The molecule has 1 N–H and O–H groups in total. The lowest BCUT2D eigenvalue weighted by atomic mass is 10.1. The van der Waals surface area contributed by atoms with Crippen molar-refractivity contribution < 1.29 is 19.0 Å². The normalized spacial score (nSPS) is 10.2. The highest BCUT2D eigenvalue weighted by Crippen LogP contribution is 2.29. The van der Waals surface area contributed by atoms with E-state index >= 15 is 0 Å². The molecule has 0 heterocycles. The molecule has 0 aliphatic carbocycles. The molecule has 2 rings (SSSR count). The summed E-state index contributed by atoms with van der Waals surface area (Å²) in [6, 6.07) is 11.2. The van der Waals surface area contributed by atoms with Crippen LogP contribution in [-0.2, 0) is 6.42 Å². The minimum atomic E-state index is -0.153. The van der Waals surface area contributed by atoms with Gasteiger partial charge in [-0.25, -0.2) is 0 Å². The van der Waals surface area contributed by atoms with E-state index in [2.05, 4.69) is 5.32 Å². The molecule has 0 bridgehead atoms. The number of methoxy groups -OCH3 is 3. The average molecular weight is 329 g/mol. The van der Waals surface area contributed by atoms with Crippen LogP contribution in [0.3, 0.4) is 0 Å². The molecule has 0 fully saturated rings. The number of rotatable bonds is 7. The fourth-order valence-corrected chi connectivity index (χ4v) is 2.43. The van der Waals surface area contributed by atoms with Gasteiger partial charge in [0.25, 0.3) is 5.91 Å². The van der Waals surface area contributed by atoms with Crippen molar-refractivity contribution in [1.29, 1.82) is 0 Å². The van der Waals surface area contributed by atoms with Gasteiger partial charge in [0.15, 0.2) is 0 Å². The van der Waals surface area contributed by atoms with Crippen LogP contribution in [0.2, 0.25) is 0 Å². The molecule has 5 heteroatoms. The van der Waals surface area contributed by atoms with Gasteiger partial charge in [0, 0.05) is 17.7 Å². The smallest absolute Gasteiger partial charge is 0.251 e. The molecule has 0 saturated carbocycles. The third-order valence-electron chi connectivity index (χ3n) is 3.87. The zero-order valence-electron chi connectivity index (χ0n) is 14.5. The Labute approximate surface area is 142 Å². The van der Waals surface area contributed by atoms with Gasteiger partial charge in [-0.05, 0) is 43.2 Å². The van der Waals surface area contributed by atoms with Gasteiger partial charge in [0.2, 0.25) is 0 Å². The average Bonchev–Trinajstić information content (AvgIpc) is 2.62. The molecule has 0 saturated heterocycles. The van der Waals surface area contributed by atoms with E-state index in [-0.39, 0.29) is 5.91 Å². The van der Waals surface area contributed by atoms with Gasteiger partial charge in [-0.2, -0.15) is 0 Å². The Morgan fingerprint density at radius 2 is 1.54 bits per heavy atom. The lowest BCUT2D eigenvalue weighted by molar-refractivity contribution is 0.0953. The second-order valence-corrected chi connectivity index (χ2v) is 5.36. The molecule has 0 atom stereocenters. The van der Waals surface area contributed by atoms with Gasteiger partial charge >= 0.3 is 0 Å². The Morgan fingerprint density at radius 1 is 0.958 bits per heavy atom. The van der Waals surface area contributed by atoms with Crippen LogP contribution >= 0.6 is 0 Å². The molecule has 5 nitrogen and oxygen atoms in total. The largest absolute Gasteiger partial charge is 0.497 e. The van der Waals surface area contributed by atoms with E-state index in [1.165, 1.54) is 0 Å². The molecule has 0 aliphatic rings. The molecule has 1 amide bonds. The highest BCUT2D eigenvalue weighted by Gasteiger charge is 2.13. The molecule has 2 aromatic carbocycles.